The van der Waals surface area contributed by atoms with Gasteiger partial charge in [-0.25, -0.2) is 0 Å². The van der Waals surface area contributed by atoms with Crippen molar-refractivity contribution in [3.05, 3.63) is 76.9 Å². The quantitative estimate of drug-likeness (QED) is 0.595. The van der Waals surface area contributed by atoms with Crippen molar-refractivity contribution in [2.45, 2.75) is 71.4 Å². The Balaban J connectivity index is 1.70. The van der Waals surface area contributed by atoms with Crippen LogP contribution in [0, 0.1) is 5.41 Å². The molecule has 1 N–H and O–H groups in total. The van der Waals surface area contributed by atoms with E-state index in [1.54, 1.807) is 0 Å². The lowest BCUT2D eigenvalue weighted by molar-refractivity contribution is -0.119. The lowest BCUT2D eigenvalue weighted by atomic mass is 9.58. The number of hydrogen-bond acceptors (Lipinski definition) is 5. The van der Waals surface area contributed by atoms with Crippen LogP contribution in [-0.4, -0.2) is 16.9 Å². The Morgan fingerprint density at radius 2 is 1.91 bits per heavy atom. The second-order valence-corrected chi connectivity index (χ2v) is 10.6. The number of allylic oxidation sites excluding steroid dienone is 2. The smallest absolute Gasteiger partial charge is 0.164 e. The molecule has 170 valence electrons. The van der Waals surface area contributed by atoms with E-state index in [9.17, 15) is 4.79 Å². The fraction of sp³-hybridized carbons (Fsp3) is 0.429. The third-order valence-electron chi connectivity index (χ3n) is 7.37. The number of benzene rings is 1. The molecule has 2 atom stereocenters. The van der Waals surface area contributed by atoms with Crippen molar-refractivity contribution in [2.75, 3.05) is 0 Å². The Labute approximate surface area is 196 Å². The van der Waals surface area contributed by atoms with Crippen molar-refractivity contribution in [3.8, 4) is 11.1 Å². The lowest BCUT2D eigenvalue weighted by Gasteiger charge is -2.47. The maximum Gasteiger partial charge on any atom is 0.164 e. The number of nitrogens with zero attached hydrogens (tertiary/aromatic N) is 3. The predicted molar refractivity (Wildman–Crippen MR) is 131 cm³/mol. The van der Waals surface area contributed by atoms with Crippen LogP contribution in [0.4, 0.5) is 0 Å². The van der Waals surface area contributed by atoms with Crippen LogP contribution in [0.15, 0.2) is 75.9 Å². The standard InChI is InChI=1S/C28H32N4O/c1-6-28(20-9-7-8-18(12-20)19-10-11-29-22(13-19)17(2)3)21-16-30-32-26(21)31-23-14-27(4,5)15-24(33)25(23)28/h7-13,16-17,26,31H,6,14-15H2,1-5H3. The van der Waals surface area contributed by atoms with Crippen molar-refractivity contribution in [1.82, 2.24) is 10.3 Å². The van der Waals surface area contributed by atoms with Gasteiger partial charge in [-0.2, -0.15) is 10.2 Å². The molecule has 0 bridgehead atoms. The second-order valence-electron chi connectivity index (χ2n) is 10.6. The lowest BCUT2D eigenvalue weighted by Crippen LogP contribution is -2.51. The van der Waals surface area contributed by atoms with Crippen LogP contribution in [0.5, 0.6) is 0 Å². The highest BCUT2D eigenvalue weighted by molar-refractivity contribution is 6.01. The third kappa shape index (κ3) is 3.45. The monoisotopic (exact) mass is 440 g/mol. The average molecular weight is 441 g/mol. The van der Waals surface area contributed by atoms with Crippen molar-refractivity contribution in [3.63, 3.8) is 0 Å². The zero-order valence-corrected chi connectivity index (χ0v) is 20.1. The van der Waals surface area contributed by atoms with Gasteiger partial charge in [-0.3, -0.25) is 9.78 Å². The number of carbonyl (C=O) groups excluding carboxylic acids is 1. The highest BCUT2D eigenvalue weighted by Gasteiger charge is 2.52. The van der Waals surface area contributed by atoms with Gasteiger partial charge in [-0.05, 0) is 59.1 Å². The SMILES string of the molecule is CCC1(c2cccc(-c3ccnc(C(C)C)c3)c2)C2=CN=NC2NC2=C1C(=O)CC(C)(C)C2. The number of fused-ring (bicyclic) bond motifs is 1. The van der Waals surface area contributed by atoms with Crippen molar-refractivity contribution in [1.29, 1.82) is 0 Å². The Morgan fingerprint density at radius 1 is 1.12 bits per heavy atom. The predicted octanol–water partition coefficient (Wildman–Crippen LogP) is 6.44. The first-order chi connectivity index (χ1) is 15.7. The molecule has 3 heterocycles. The van der Waals surface area contributed by atoms with Gasteiger partial charge in [0.15, 0.2) is 11.9 Å². The van der Waals surface area contributed by atoms with Gasteiger partial charge in [0.2, 0.25) is 0 Å². The first kappa shape index (κ1) is 21.7. The normalized spacial score (nSPS) is 25.6. The highest BCUT2D eigenvalue weighted by Crippen LogP contribution is 2.54. The largest absolute Gasteiger partial charge is 0.362 e. The molecule has 33 heavy (non-hydrogen) atoms. The summed E-state index contributed by atoms with van der Waals surface area (Å²) in [5.74, 6) is 0.598. The van der Waals surface area contributed by atoms with Gasteiger partial charge in [-0.15, -0.1) is 0 Å². The maximum absolute atomic E-state index is 13.7. The van der Waals surface area contributed by atoms with Gasteiger partial charge in [-0.1, -0.05) is 52.8 Å². The van der Waals surface area contributed by atoms with Crippen molar-refractivity contribution >= 4 is 5.78 Å². The minimum absolute atomic E-state index is 0.0640. The highest BCUT2D eigenvalue weighted by atomic mass is 16.1. The number of carbonyl (C=O) groups is 1. The number of ketones is 1. The summed E-state index contributed by atoms with van der Waals surface area (Å²) in [6.07, 6.45) is 5.73. The summed E-state index contributed by atoms with van der Waals surface area (Å²) in [5, 5.41) is 12.3. The number of rotatable bonds is 4. The Kier molecular flexibility index (Phi) is 5.11. The number of hydrogen-bond donors (Lipinski definition) is 1. The van der Waals surface area contributed by atoms with E-state index in [0.717, 1.165) is 52.1 Å². The van der Waals surface area contributed by atoms with Gasteiger partial charge in [0.1, 0.15) is 0 Å². The van der Waals surface area contributed by atoms with E-state index in [4.69, 9.17) is 0 Å². The van der Waals surface area contributed by atoms with Crippen LogP contribution in [0.2, 0.25) is 0 Å². The van der Waals surface area contributed by atoms with E-state index < -0.39 is 5.41 Å². The van der Waals surface area contributed by atoms with E-state index in [1.165, 1.54) is 0 Å². The molecule has 2 aromatic rings. The molecule has 0 saturated carbocycles. The van der Waals surface area contributed by atoms with Crippen LogP contribution < -0.4 is 5.32 Å². The molecule has 1 aromatic carbocycles. The molecule has 2 aliphatic heterocycles. The summed E-state index contributed by atoms with van der Waals surface area (Å²) < 4.78 is 0. The summed E-state index contributed by atoms with van der Waals surface area (Å²) in [7, 11) is 0. The molecule has 0 radical (unpaired) electrons. The van der Waals surface area contributed by atoms with E-state index >= 15 is 0 Å². The van der Waals surface area contributed by atoms with Gasteiger partial charge in [0, 0.05) is 35.2 Å². The topological polar surface area (TPSA) is 66.7 Å². The summed E-state index contributed by atoms with van der Waals surface area (Å²) in [4.78, 5) is 18.2. The summed E-state index contributed by atoms with van der Waals surface area (Å²) in [5.41, 5.74) is 6.94. The third-order valence-corrected chi connectivity index (χ3v) is 7.37. The van der Waals surface area contributed by atoms with Gasteiger partial charge in [0.05, 0.1) is 11.6 Å². The van der Waals surface area contributed by atoms with Gasteiger partial charge in [0.25, 0.3) is 0 Å². The van der Waals surface area contributed by atoms with E-state index in [1.807, 2.05) is 12.4 Å². The molecule has 5 heteroatoms. The summed E-state index contributed by atoms with van der Waals surface area (Å²) in [6.45, 7) is 10.8. The van der Waals surface area contributed by atoms with E-state index in [-0.39, 0.29) is 17.4 Å². The Bertz CT molecular complexity index is 1220. The molecule has 5 nitrogen and oxygen atoms in total. The zero-order chi connectivity index (χ0) is 23.4. The number of pyridine rings is 1. The first-order valence-electron chi connectivity index (χ1n) is 12.0. The van der Waals surface area contributed by atoms with Crippen LogP contribution >= 0.6 is 0 Å². The van der Waals surface area contributed by atoms with Gasteiger partial charge < -0.3 is 5.32 Å². The second kappa shape index (κ2) is 7.75. The van der Waals surface area contributed by atoms with Crippen LogP contribution in [-0.2, 0) is 10.2 Å². The maximum atomic E-state index is 13.7. The fourth-order valence-electron chi connectivity index (χ4n) is 5.80. The molecule has 1 aromatic heterocycles. The fourth-order valence-corrected chi connectivity index (χ4v) is 5.80. The molecular weight excluding hydrogens is 408 g/mol. The van der Waals surface area contributed by atoms with Gasteiger partial charge >= 0.3 is 0 Å². The Morgan fingerprint density at radius 3 is 2.67 bits per heavy atom. The Hall–Kier alpha value is -3.08. The van der Waals surface area contributed by atoms with Crippen molar-refractivity contribution < 1.29 is 4.79 Å². The molecule has 2 unspecified atom stereocenters. The van der Waals surface area contributed by atoms with E-state index in [0.29, 0.717) is 12.3 Å². The zero-order valence-electron chi connectivity index (χ0n) is 20.1. The minimum atomic E-state index is -0.522. The molecule has 0 amide bonds. The number of Topliss-reactive ketones (excluding diaryl/α,β-unsaturated/α-hetero) is 1. The molecule has 0 saturated heterocycles. The number of aromatic nitrogens is 1. The first-order valence-corrected chi connectivity index (χ1v) is 12.0. The number of nitrogens with one attached hydrogen (secondary N) is 1. The molecular formula is C28H32N4O. The molecule has 3 aliphatic rings. The summed E-state index contributed by atoms with van der Waals surface area (Å²) >= 11 is 0. The van der Waals surface area contributed by atoms with E-state index in [2.05, 4.69) is 91.5 Å². The number of azo groups is 1. The molecule has 0 spiro atoms. The van der Waals surface area contributed by atoms with Crippen molar-refractivity contribution in [2.24, 2.45) is 15.6 Å². The average Bonchev–Trinajstić information content (AvgIpc) is 3.25. The molecule has 5 rings (SSSR count). The minimum Gasteiger partial charge on any atom is -0.362 e. The van der Waals surface area contributed by atoms with Crippen LogP contribution in [0.1, 0.15) is 71.1 Å². The van der Waals surface area contributed by atoms with Crippen LogP contribution in [0.3, 0.4) is 0 Å². The molecule has 0 fully saturated rings. The molecule has 1 aliphatic carbocycles. The summed E-state index contributed by atoms with van der Waals surface area (Å²) in [6, 6.07) is 12.9. The van der Waals surface area contributed by atoms with Crippen LogP contribution in [0.25, 0.3) is 11.1 Å².